The van der Waals surface area contributed by atoms with Gasteiger partial charge in [0.25, 0.3) is 0 Å². The van der Waals surface area contributed by atoms with Crippen LogP contribution >= 0.6 is 11.6 Å². The number of hydrogen-bond donors (Lipinski definition) is 1. The maximum Gasteiger partial charge on any atom is 0.333 e. The van der Waals surface area contributed by atoms with Gasteiger partial charge in [-0.2, -0.15) is 0 Å². The molecule has 0 aliphatic carbocycles. The lowest BCUT2D eigenvalue weighted by Gasteiger charge is -2.16. The van der Waals surface area contributed by atoms with Gasteiger partial charge in [-0.05, 0) is 35.9 Å². The van der Waals surface area contributed by atoms with Crippen LogP contribution in [0.25, 0.3) is 0 Å². The number of halogens is 1. The van der Waals surface area contributed by atoms with Crippen molar-refractivity contribution < 1.29 is 9.59 Å². The Morgan fingerprint density at radius 3 is 2.75 bits per heavy atom. The molecule has 1 aromatic carbocycles. The van der Waals surface area contributed by atoms with Gasteiger partial charge < -0.3 is 5.32 Å². The molecule has 2 aromatic rings. The van der Waals surface area contributed by atoms with Crippen molar-refractivity contribution in [3.8, 4) is 0 Å². The van der Waals surface area contributed by atoms with Gasteiger partial charge in [0, 0.05) is 23.1 Å². The molecule has 1 aliphatic heterocycles. The highest BCUT2D eigenvalue weighted by molar-refractivity contribution is 6.31. The Balaban J connectivity index is 1.88. The van der Waals surface area contributed by atoms with Gasteiger partial charge in [0.1, 0.15) is 0 Å². The Morgan fingerprint density at radius 2 is 2.00 bits per heavy atom. The first-order chi connectivity index (χ1) is 9.65. The zero-order chi connectivity index (χ0) is 14.1. The number of amides is 3. The third-order valence-corrected chi connectivity index (χ3v) is 3.24. The molecule has 3 amide bonds. The van der Waals surface area contributed by atoms with Gasteiger partial charge in [0.15, 0.2) is 0 Å². The van der Waals surface area contributed by atoms with Gasteiger partial charge in [-0.15, -0.1) is 0 Å². The number of benzene rings is 1. The van der Waals surface area contributed by atoms with Crippen LogP contribution < -0.4 is 10.2 Å². The van der Waals surface area contributed by atoms with E-state index in [2.05, 4.69) is 10.3 Å². The van der Waals surface area contributed by atoms with E-state index in [4.69, 9.17) is 11.6 Å². The van der Waals surface area contributed by atoms with Crippen LogP contribution in [0.1, 0.15) is 5.56 Å². The lowest BCUT2D eigenvalue weighted by atomic mass is 10.2. The molecule has 2 heterocycles. The van der Waals surface area contributed by atoms with Crippen molar-refractivity contribution in [3.63, 3.8) is 0 Å². The fraction of sp³-hybridized carbons (Fsp3) is 0.0714. The smallest absolute Gasteiger partial charge is 0.307 e. The molecule has 20 heavy (non-hydrogen) atoms. The minimum atomic E-state index is -0.484. The number of rotatable bonds is 1. The van der Waals surface area contributed by atoms with Gasteiger partial charge >= 0.3 is 6.03 Å². The van der Waals surface area contributed by atoms with E-state index in [-0.39, 0.29) is 12.3 Å². The van der Waals surface area contributed by atoms with E-state index >= 15 is 0 Å². The minimum Gasteiger partial charge on any atom is -0.307 e. The van der Waals surface area contributed by atoms with Crippen LogP contribution in [0.4, 0.5) is 16.2 Å². The number of anilines is 2. The van der Waals surface area contributed by atoms with Crippen LogP contribution in [0, 0.1) is 0 Å². The minimum absolute atomic E-state index is 0.180. The van der Waals surface area contributed by atoms with Crippen molar-refractivity contribution in [1.82, 2.24) is 4.98 Å². The van der Waals surface area contributed by atoms with Crippen molar-refractivity contribution >= 4 is 34.9 Å². The van der Waals surface area contributed by atoms with Crippen LogP contribution in [-0.2, 0) is 11.2 Å². The molecule has 6 heteroatoms. The Bertz CT molecular complexity index is 688. The molecule has 100 valence electrons. The number of aromatic nitrogens is 1. The maximum absolute atomic E-state index is 12.2. The molecule has 0 saturated heterocycles. The largest absolute Gasteiger partial charge is 0.333 e. The number of nitrogens with one attached hydrogen (secondary N) is 1. The molecular weight excluding hydrogens is 278 g/mol. The van der Waals surface area contributed by atoms with E-state index in [0.29, 0.717) is 16.4 Å². The Kier molecular flexibility index (Phi) is 3.12. The molecule has 5 nitrogen and oxygen atoms in total. The predicted octanol–water partition coefficient (Wildman–Crippen LogP) is 2.86. The average Bonchev–Trinajstić information content (AvgIpc) is 2.74. The zero-order valence-corrected chi connectivity index (χ0v) is 11.1. The van der Waals surface area contributed by atoms with Gasteiger partial charge in [0.2, 0.25) is 5.91 Å². The molecule has 0 bridgehead atoms. The topological polar surface area (TPSA) is 62.3 Å². The third-order valence-electron chi connectivity index (χ3n) is 3.01. The second-order valence-corrected chi connectivity index (χ2v) is 4.78. The highest BCUT2D eigenvalue weighted by Crippen LogP contribution is 2.31. The molecule has 1 aromatic heterocycles. The zero-order valence-electron chi connectivity index (χ0n) is 10.3. The number of nitrogens with zero attached hydrogens (tertiary/aromatic N) is 2. The summed E-state index contributed by atoms with van der Waals surface area (Å²) in [4.78, 5) is 29.2. The number of carbonyl (C=O) groups excluding carboxylic acids is 2. The lowest BCUT2D eigenvalue weighted by Crippen LogP contribution is -2.37. The van der Waals surface area contributed by atoms with E-state index < -0.39 is 6.03 Å². The number of carbonyl (C=O) groups is 2. The van der Waals surface area contributed by atoms with Crippen LogP contribution in [0.2, 0.25) is 5.02 Å². The second kappa shape index (κ2) is 4.94. The summed E-state index contributed by atoms with van der Waals surface area (Å²) in [6.45, 7) is 0. The molecule has 0 unspecified atom stereocenters. The number of fused-ring (bicyclic) bond motifs is 1. The van der Waals surface area contributed by atoms with E-state index in [0.717, 1.165) is 10.5 Å². The standard InChI is InChI=1S/C14H10ClN3O2/c15-10-1-2-12-9(7-10)8-13(19)18(12)14(20)17-11-3-5-16-6-4-11/h1-7H,8H2,(H,16,17,20). The van der Waals surface area contributed by atoms with E-state index in [1.165, 1.54) is 0 Å². The molecule has 1 aliphatic rings. The normalized spacial score (nSPS) is 13.2. The van der Waals surface area contributed by atoms with E-state index in [1.54, 1.807) is 42.7 Å². The molecule has 0 radical (unpaired) electrons. The Labute approximate surface area is 120 Å². The molecule has 3 rings (SSSR count). The van der Waals surface area contributed by atoms with Gasteiger partial charge in [-0.3, -0.25) is 9.78 Å². The number of hydrogen-bond acceptors (Lipinski definition) is 3. The number of pyridine rings is 1. The van der Waals surface area contributed by atoms with Gasteiger partial charge in [0.05, 0.1) is 12.1 Å². The van der Waals surface area contributed by atoms with E-state index in [1.807, 2.05) is 0 Å². The summed E-state index contributed by atoms with van der Waals surface area (Å²) in [6, 6.07) is 7.86. The third kappa shape index (κ3) is 2.23. The summed E-state index contributed by atoms with van der Waals surface area (Å²) in [5.41, 5.74) is 1.92. The van der Waals surface area contributed by atoms with Crippen molar-refractivity contribution in [3.05, 3.63) is 53.3 Å². The maximum atomic E-state index is 12.2. The van der Waals surface area contributed by atoms with Crippen LogP contribution in [0.15, 0.2) is 42.7 Å². The van der Waals surface area contributed by atoms with Crippen LogP contribution in [0.3, 0.4) is 0 Å². The molecule has 1 N–H and O–H groups in total. The Hall–Kier alpha value is -2.40. The first-order valence-electron chi connectivity index (χ1n) is 5.97. The fourth-order valence-electron chi connectivity index (χ4n) is 2.13. The van der Waals surface area contributed by atoms with E-state index in [9.17, 15) is 9.59 Å². The summed E-state index contributed by atoms with van der Waals surface area (Å²) >= 11 is 5.89. The summed E-state index contributed by atoms with van der Waals surface area (Å²) in [5.74, 6) is -0.270. The summed E-state index contributed by atoms with van der Waals surface area (Å²) < 4.78 is 0. The molecular formula is C14H10ClN3O2. The summed E-state index contributed by atoms with van der Waals surface area (Å²) in [6.07, 6.45) is 3.31. The van der Waals surface area contributed by atoms with Crippen molar-refractivity contribution in [1.29, 1.82) is 0 Å². The average molecular weight is 288 g/mol. The molecule has 0 fully saturated rings. The van der Waals surface area contributed by atoms with Crippen molar-refractivity contribution in [2.24, 2.45) is 0 Å². The fourth-order valence-corrected chi connectivity index (χ4v) is 2.32. The SMILES string of the molecule is O=C1Cc2cc(Cl)ccc2N1C(=O)Nc1ccncc1. The molecule has 0 saturated carbocycles. The Morgan fingerprint density at radius 1 is 1.25 bits per heavy atom. The second-order valence-electron chi connectivity index (χ2n) is 4.35. The van der Waals surface area contributed by atoms with Gasteiger partial charge in [-0.1, -0.05) is 11.6 Å². The van der Waals surface area contributed by atoms with Crippen LogP contribution in [-0.4, -0.2) is 16.9 Å². The quantitative estimate of drug-likeness (QED) is 0.877. The highest BCUT2D eigenvalue weighted by Gasteiger charge is 2.32. The van der Waals surface area contributed by atoms with Crippen LogP contribution in [0.5, 0.6) is 0 Å². The summed E-state index contributed by atoms with van der Waals surface area (Å²) in [5, 5.41) is 3.21. The van der Waals surface area contributed by atoms with Crippen molar-refractivity contribution in [2.45, 2.75) is 6.42 Å². The monoisotopic (exact) mass is 287 g/mol. The predicted molar refractivity (Wildman–Crippen MR) is 75.9 cm³/mol. The highest BCUT2D eigenvalue weighted by atomic mass is 35.5. The molecule has 0 spiro atoms. The van der Waals surface area contributed by atoms with Gasteiger partial charge in [-0.25, -0.2) is 9.69 Å². The number of imide groups is 1. The first kappa shape index (κ1) is 12.6. The lowest BCUT2D eigenvalue weighted by molar-refractivity contribution is -0.116. The first-order valence-corrected chi connectivity index (χ1v) is 6.35. The summed E-state index contributed by atoms with van der Waals surface area (Å²) in [7, 11) is 0. The van der Waals surface area contributed by atoms with Crippen molar-refractivity contribution in [2.75, 3.05) is 10.2 Å². The molecule has 0 atom stereocenters. The number of urea groups is 1.